The number of H-pyrrole nitrogens is 1. The second kappa shape index (κ2) is 12.1. The maximum absolute atomic E-state index is 12.5. The van der Waals surface area contributed by atoms with Gasteiger partial charge in [0.15, 0.2) is 0 Å². The minimum Gasteiger partial charge on any atom is -0.369 e. The third-order valence-corrected chi connectivity index (χ3v) is 8.19. The molecule has 1 aliphatic rings. The van der Waals surface area contributed by atoms with Crippen molar-refractivity contribution in [3.8, 4) is 11.1 Å². The lowest BCUT2D eigenvalue weighted by molar-refractivity contribution is 0.214. The van der Waals surface area contributed by atoms with Gasteiger partial charge in [-0.25, -0.2) is 0 Å². The van der Waals surface area contributed by atoms with Gasteiger partial charge in [0.2, 0.25) is 0 Å². The first kappa shape index (κ1) is 27.2. The lowest BCUT2D eigenvalue weighted by Crippen LogP contribution is -2.42. The molecule has 0 atom stereocenters. The van der Waals surface area contributed by atoms with Gasteiger partial charge < -0.3 is 20.1 Å². The standard InChI is InChI=1S/C32H44N4O/c1-7-36(29-15-13-28(14-16-29)35(5)6)31-19-26(25-11-9-8-10-12-25)18-27(24(31)4)20-33-21-30-22(2)17-23(3)34-32(30)37/h8-12,17-19,28-29,33H,7,13-16,20-21H2,1-6H3,(H,34,37). The third-order valence-electron chi connectivity index (χ3n) is 8.19. The van der Waals surface area contributed by atoms with Crippen molar-refractivity contribution in [3.05, 3.63) is 86.8 Å². The summed E-state index contributed by atoms with van der Waals surface area (Å²) in [5.74, 6) is 0. The average Bonchev–Trinajstić information content (AvgIpc) is 2.88. The van der Waals surface area contributed by atoms with Crippen LogP contribution in [-0.4, -0.2) is 42.6 Å². The molecule has 1 fully saturated rings. The summed E-state index contributed by atoms with van der Waals surface area (Å²) in [5.41, 5.74) is 9.22. The number of hydrogen-bond donors (Lipinski definition) is 2. The van der Waals surface area contributed by atoms with Crippen LogP contribution >= 0.6 is 0 Å². The summed E-state index contributed by atoms with van der Waals surface area (Å²) in [5, 5.41) is 3.58. The summed E-state index contributed by atoms with van der Waals surface area (Å²) in [7, 11) is 4.42. The van der Waals surface area contributed by atoms with E-state index >= 15 is 0 Å². The highest BCUT2D eigenvalue weighted by Gasteiger charge is 2.27. The van der Waals surface area contributed by atoms with Gasteiger partial charge in [0.25, 0.3) is 5.56 Å². The third kappa shape index (κ3) is 6.34. The molecule has 2 N–H and O–H groups in total. The minimum atomic E-state index is 0.00549. The Kier molecular flexibility index (Phi) is 8.88. The SMILES string of the molecule is CCN(c1cc(-c2ccccc2)cc(CNCc2c(C)cc(C)[nH]c2=O)c1C)C1CCC(N(C)C)CC1. The number of aromatic amines is 1. The van der Waals surface area contributed by atoms with Crippen molar-refractivity contribution in [1.82, 2.24) is 15.2 Å². The molecule has 198 valence electrons. The number of aryl methyl sites for hydroxylation is 2. The molecule has 1 saturated carbocycles. The predicted molar refractivity (Wildman–Crippen MR) is 156 cm³/mol. The quantitative estimate of drug-likeness (QED) is 0.381. The van der Waals surface area contributed by atoms with Crippen molar-refractivity contribution in [2.24, 2.45) is 0 Å². The largest absolute Gasteiger partial charge is 0.369 e. The number of benzene rings is 2. The molecule has 0 aliphatic heterocycles. The van der Waals surface area contributed by atoms with Crippen molar-refractivity contribution in [2.75, 3.05) is 25.5 Å². The molecule has 1 aromatic heterocycles. The first-order valence-corrected chi connectivity index (χ1v) is 13.8. The van der Waals surface area contributed by atoms with Gasteiger partial charge >= 0.3 is 0 Å². The van der Waals surface area contributed by atoms with Crippen molar-refractivity contribution >= 4 is 5.69 Å². The summed E-state index contributed by atoms with van der Waals surface area (Å²) in [6.45, 7) is 10.8. The van der Waals surface area contributed by atoms with E-state index in [-0.39, 0.29) is 5.56 Å². The Morgan fingerprint density at radius 3 is 2.19 bits per heavy atom. The summed E-state index contributed by atoms with van der Waals surface area (Å²) in [6.07, 6.45) is 4.97. The molecule has 1 aliphatic carbocycles. The number of nitrogens with one attached hydrogen (secondary N) is 2. The molecule has 2 aromatic carbocycles. The van der Waals surface area contributed by atoms with Crippen LogP contribution in [0.25, 0.3) is 11.1 Å². The van der Waals surface area contributed by atoms with Gasteiger partial charge in [-0.15, -0.1) is 0 Å². The highest BCUT2D eigenvalue weighted by atomic mass is 16.1. The van der Waals surface area contributed by atoms with E-state index in [1.165, 1.54) is 53.6 Å². The Hall–Kier alpha value is -2.89. The smallest absolute Gasteiger partial charge is 0.252 e. The maximum atomic E-state index is 12.5. The second-order valence-corrected chi connectivity index (χ2v) is 10.9. The Labute approximate surface area is 222 Å². The number of pyridine rings is 1. The fourth-order valence-electron chi connectivity index (χ4n) is 5.97. The van der Waals surface area contributed by atoms with Crippen LogP contribution < -0.4 is 15.8 Å². The van der Waals surface area contributed by atoms with Gasteiger partial charge in [-0.05, 0) is 113 Å². The Morgan fingerprint density at radius 1 is 0.892 bits per heavy atom. The van der Waals surface area contributed by atoms with E-state index in [4.69, 9.17) is 0 Å². The minimum absolute atomic E-state index is 0.00549. The van der Waals surface area contributed by atoms with Crippen LogP contribution in [0.5, 0.6) is 0 Å². The fourth-order valence-corrected chi connectivity index (χ4v) is 5.97. The van der Waals surface area contributed by atoms with Gasteiger partial charge in [0.1, 0.15) is 0 Å². The zero-order valence-corrected chi connectivity index (χ0v) is 23.5. The highest BCUT2D eigenvalue weighted by Crippen LogP contribution is 2.35. The van der Waals surface area contributed by atoms with Gasteiger partial charge in [0, 0.05) is 48.7 Å². The molecule has 1 heterocycles. The molecule has 0 amide bonds. The summed E-state index contributed by atoms with van der Waals surface area (Å²) in [6, 6.07) is 18.7. The normalized spacial score (nSPS) is 17.8. The van der Waals surface area contributed by atoms with Gasteiger partial charge in [0.05, 0.1) is 0 Å². The van der Waals surface area contributed by atoms with E-state index in [9.17, 15) is 4.79 Å². The lowest BCUT2D eigenvalue weighted by Gasteiger charge is -2.40. The molecule has 0 saturated heterocycles. The zero-order valence-electron chi connectivity index (χ0n) is 23.5. The number of aromatic nitrogens is 1. The van der Waals surface area contributed by atoms with Crippen LogP contribution in [0.2, 0.25) is 0 Å². The molecule has 0 spiro atoms. The van der Waals surface area contributed by atoms with Crippen LogP contribution in [0.3, 0.4) is 0 Å². The predicted octanol–water partition coefficient (Wildman–Crippen LogP) is 5.96. The zero-order chi connectivity index (χ0) is 26.5. The van der Waals surface area contributed by atoms with E-state index < -0.39 is 0 Å². The molecular weight excluding hydrogens is 456 g/mol. The van der Waals surface area contributed by atoms with Gasteiger partial charge in [-0.2, -0.15) is 0 Å². The van der Waals surface area contributed by atoms with Crippen LogP contribution in [0.15, 0.2) is 53.3 Å². The Morgan fingerprint density at radius 2 is 1.57 bits per heavy atom. The van der Waals surface area contributed by atoms with Crippen LogP contribution in [-0.2, 0) is 13.1 Å². The van der Waals surface area contributed by atoms with Crippen molar-refractivity contribution in [3.63, 3.8) is 0 Å². The second-order valence-electron chi connectivity index (χ2n) is 10.9. The Bertz CT molecular complexity index is 1240. The first-order chi connectivity index (χ1) is 17.8. The monoisotopic (exact) mass is 500 g/mol. The lowest BCUT2D eigenvalue weighted by atomic mass is 9.88. The van der Waals surface area contributed by atoms with Crippen molar-refractivity contribution in [2.45, 2.75) is 78.6 Å². The molecule has 3 aromatic rings. The summed E-state index contributed by atoms with van der Waals surface area (Å²) in [4.78, 5) is 20.5. The molecule has 37 heavy (non-hydrogen) atoms. The van der Waals surface area contributed by atoms with E-state index in [0.29, 0.717) is 18.6 Å². The highest BCUT2D eigenvalue weighted by molar-refractivity contribution is 5.72. The van der Waals surface area contributed by atoms with Crippen LogP contribution in [0.4, 0.5) is 5.69 Å². The molecule has 0 unspecified atom stereocenters. The molecule has 0 radical (unpaired) electrons. The molecule has 4 rings (SSSR count). The fraction of sp³-hybridized carbons (Fsp3) is 0.469. The summed E-state index contributed by atoms with van der Waals surface area (Å²) >= 11 is 0. The molecule has 5 heteroatoms. The first-order valence-electron chi connectivity index (χ1n) is 13.8. The van der Waals surface area contributed by atoms with Crippen molar-refractivity contribution < 1.29 is 0 Å². The van der Waals surface area contributed by atoms with E-state index in [0.717, 1.165) is 29.9 Å². The number of hydrogen-bond acceptors (Lipinski definition) is 4. The molecule has 0 bridgehead atoms. The van der Waals surface area contributed by atoms with E-state index in [1.54, 1.807) is 0 Å². The summed E-state index contributed by atoms with van der Waals surface area (Å²) < 4.78 is 0. The number of nitrogens with zero attached hydrogens (tertiary/aromatic N) is 2. The average molecular weight is 501 g/mol. The van der Waals surface area contributed by atoms with Gasteiger partial charge in [-0.3, -0.25) is 4.79 Å². The molecular formula is C32H44N4O. The molecule has 5 nitrogen and oxygen atoms in total. The number of rotatable bonds is 9. The van der Waals surface area contributed by atoms with E-state index in [1.807, 2.05) is 19.9 Å². The van der Waals surface area contributed by atoms with Crippen LogP contribution in [0.1, 0.15) is 60.6 Å². The van der Waals surface area contributed by atoms with Crippen molar-refractivity contribution in [1.29, 1.82) is 0 Å². The van der Waals surface area contributed by atoms with Gasteiger partial charge in [-0.1, -0.05) is 30.3 Å². The van der Waals surface area contributed by atoms with E-state index in [2.05, 4.69) is 90.5 Å². The topological polar surface area (TPSA) is 51.4 Å². The van der Waals surface area contributed by atoms with Crippen LogP contribution in [0, 0.1) is 20.8 Å². The Balaban J connectivity index is 1.63. The number of anilines is 1. The maximum Gasteiger partial charge on any atom is 0.252 e.